The number of benzene rings is 1. The van der Waals surface area contributed by atoms with Gasteiger partial charge in [-0.2, -0.15) is 0 Å². The molecule has 0 atom stereocenters. The van der Waals surface area contributed by atoms with Gasteiger partial charge in [0, 0.05) is 5.57 Å². The van der Waals surface area contributed by atoms with Crippen LogP contribution in [-0.2, 0) is 4.79 Å². The molecule has 92 valence electrons. The van der Waals surface area contributed by atoms with Crippen LogP contribution >= 0.6 is 0 Å². The molecule has 0 heterocycles. The maximum absolute atomic E-state index is 11.1. The largest absolute Gasteiger partial charge is 0.493 e. The maximum Gasteiger partial charge on any atom is 0.248 e. The number of rotatable bonds is 5. The van der Waals surface area contributed by atoms with Crippen molar-refractivity contribution in [1.29, 1.82) is 0 Å². The SMILES string of the molecule is C=C(C(N)=O)c1cc(OC)c(OC)c(OC)c1. The van der Waals surface area contributed by atoms with Crippen molar-refractivity contribution in [3.05, 3.63) is 24.3 Å². The summed E-state index contributed by atoms with van der Waals surface area (Å²) in [5.41, 5.74) is 5.89. The molecule has 1 aromatic rings. The predicted molar refractivity (Wildman–Crippen MR) is 64.3 cm³/mol. The molecule has 0 bridgehead atoms. The predicted octanol–water partition coefficient (Wildman–Crippen LogP) is 1.21. The zero-order valence-electron chi connectivity index (χ0n) is 10.1. The van der Waals surface area contributed by atoms with Gasteiger partial charge in [0.1, 0.15) is 0 Å². The second-order valence-electron chi connectivity index (χ2n) is 3.26. The average Bonchev–Trinajstić information content (AvgIpc) is 2.35. The summed E-state index contributed by atoms with van der Waals surface area (Å²) in [4.78, 5) is 11.1. The number of carbonyl (C=O) groups excluding carboxylic acids is 1. The van der Waals surface area contributed by atoms with Gasteiger partial charge in [0.05, 0.1) is 21.3 Å². The second-order valence-corrected chi connectivity index (χ2v) is 3.26. The molecule has 0 saturated carbocycles. The Morgan fingerprint density at radius 1 is 1.12 bits per heavy atom. The molecule has 0 saturated heterocycles. The van der Waals surface area contributed by atoms with E-state index in [1.54, 1.807) is 12.1 Å². The van der Waals surface area contributed by atoms with Gasteiger partial charge in [-0.05, 0) is 17.7 Å². The number of methoxy groups -OCH3 is 3. The monoisotopic (exact) mass is 237 g/mol. The number of hydrogen-bond donors (Lipinski definition) is 1. The lowest BCUT2D eigenvalue weighted by atomic mass is 10.1. The van der Waals surface area contributed by atoms with E-state index in [1.807, 2.05) is 0 Å². The van der Waals surface area contributed by atoms with Crippen molar-refractivity contribution in [2.45, 2.75) is 0 Å². The van der Waals surface area contributed by atoms with E-state index >= 15 is 0 Å². The van der Waals surface area contributed by atoms with E-state index in [0.29, 0.717) is 22.8 Å². The molecule has 0 spiro atoms. The Kier molecular flexibility index (Phi) is 3.98. The molecule has 0 aliphatic rings. The topological polar surface area (TPSA) is 70.8 Å². The van der Waals surface area contributed by atoms with Gasteiger partial charge in [-0.3, -0.25) is 4.79 Å². The third-order valence-corrected chi connectivity index (χ3v) is 2.31. The fourth-order valence-corrected chi connectivity index (χ4v) is 1.40. The molecule has 0 fully saturated rings. The summed E-state index contributed by atoms with van der Waals surface area (Å²) in [5.74, 6) is 0.754. The minimum absolute atomic E-state index is 0.184. The van der Waals surface area contributed by atoms with E-state index in [4.69, 9.17) is 19.9 Å². The summed E-state index contributed by atoms with van der Waals surface area (Å²) < 4.78 is 15.5. The Labute approximate surface area is 99.8 Å². The Balaban J connectivity index is 3.37. The highest BCUT2D eigenvalue weighted by Gasteiger charge is 2.16. The van der Waals surface area contributed by atoms with Crippen LogP contribution in [-0.4, -0.2) is 27.2 Å². The van der Waals surface area contributed by atoms with E-state index in [0.717, 1.165) is 0 Å². The summed E-state index contributed by atoms with van der Waals surface area (Å²) >= 11 is 0. The van der Waals surface area contributed by atoms with E-state index in [1.165, 1.54) is 21.3 Å². The quantitative estimate of drug-likeness (QED) is 0.781. The number of amides is 1. The zero-order valence-corrected chi connectivity index (χ0v) is 10.1. The number of nitrogens with two attached hydrogens (primary N) is 1. The molecule has 1 amide bonds. The van der Waals surface area contributed by atoms with Crippen molar-refractivity contribution in [3.8, 4) is 17.2 Å². The van der Waals surface area contributed by atoms with Crippen LogP contribution in [0.5, 0.6) is 17.2 Å². The van der Waals surface area contributed by atoms with Crippen LogP contribution < -0.4 is 19.9 Å². The fourth-order valence-electron chi connectivity index (χ4n) is 1.40. The molecule has 17 heavy (non-hydrogen) atoms. The maximum atomic E-state index is 11.1. The Hall–Kier alpha value is -2.17. The Morgan fingerprint density at radius 2 is 1.59 bits per heavy atom. The van der Waals surface area contributed by atoms with Crippen molar-refractivity contribution in [2.24, 2.45) is 5.73 Å². The van der Waals surface area contributed by atoms with Crippen molar-refractivity contribution in [1.82, 2.24) is 0 Å². The highest BCUT2D eigenvalue weighted by Crippen LogP contribution is 2.39. The summed E-state index contributed by atoms with van der Waals surface area (Å²) in [6.07, 6.45) is 0. The van der Waals surface area contributed by atoms with Crippen LogP contribution in [0.2, 0.25) is 0 Å². The number of hydrogen-bond acceptors (Lipinski definition) is 4. The Morgan fingerprint density at radius 3 is 1.88 bits per heavy atom. The van der Waals surface area contributed by atoms with Crippen LogP contribution in [0.15, 0.2) is 18.7 Å². The number of primary amides is 1. The summed E-state index contributed by atoms with van der Waals surface area (Å²) in [7, 11) is 4.49. The lowest BCUT2D eigenvalue weighted by molar-refractivity contribution is -0.112. The van der Waals surface area contributed by atoms with E-state index in [9.17, 15) is 4.79 Å². The van der Waals surface area contributed by atoms with Crippen molar-refractivity contribution >= 4 is 11.5 Å². The van der Waals surface area contributed by atoms with E-state index in [2.05, 4.69) is 6.58 Å². The van der Waals surface area contributed by atoms with Crippen LogP contribution in [0.4, 0.5) is 0 Å². The fraction of sp³-hybridized carbons (Fsp3) is 0.250. The summed E-state index contributed by atoms with van der Waals surface area (Å²) in [6.45, 7) is 3.60. The van der Waals surface area contributed by atoms with Gasteiger partial charge in [-0.15, -0.1) is 0 Å². The van der Waals surface area contributed by atoms with Gasteiger partial charge in [-0.1, -0.05) is 6.58 Å². The average molecular weight is 237 g/mol. The molecule has 1 aromatic carbocycles. The highest BCUT2D eigenvalue weighted by molar-refractivity contribution is 6.18. The lowest BCUT2D eigenvalue weighted by Gasteiger charge is -2.14. The standard InChI is InChI=1S/C12H15NO4/c1-7(12(13)14)8-5-9(15-2)11(17-4)10(6-8)16-3/h5-6H,1H2,2-4H3,(H2,13,14). The summed E-state index contributed by atoms with van der Waals surface area (Å²) in [6, 6.07) is 3.24. The van der Waals surface area contributed by atoms with Crippen molar-refractivity contribution < 1.29 is 19.0 Å². The first kappa shape index (κ1) is 12.9. The molecule has 0 radical (unpaired) electrons. The van der Waals surface area contributed by atoms with Crippen LogP contribution in [0.3, 0.4) is 0 Å². The van der Waals surface area contributed by atoms with E-state index in [-0.39, 0.29) is 5.57 Å². The van der Waals surface area contributed by atoms with Gasteiger partial charge in [0.25, 0.3) is 0 Å². The highest BCUT2D eigenvalue weighted by atomic mass is 16.5. The first-order valence-electron chi connectivity index (χ1n) is 4.84. The van der Waals surface area contributed by atoms with Crippen LogP contribution in [0.1, 0.15) is 5.56 Å². The molecule has 0 aliphatic heterocycles. The third kappa shape index (κ3) is 2.50. The molecule has 5 heteroatoms. The lowest BCUT2D eigenvalue weighted by Crippen LogP contribution is -2.12. The molecule has 1 rings (SSSR count). The molecule has 2 N–H and O–H groups in total. The van der Waals surface area contributed by atoms with Gasteiger partial charge < -0.3 is 19.9 Å². The molecular weight excluding hydrogens is 222 g/mol. The second kappa shape index (κ2) is 5.25. The normalized spacial score (nSPS) is 9.59. The van der Waals surface area contributed by atoms with Gasteiger partial charge in [-0.25, -0.2) is 0 Å². The van der Waals surface area contributed by atoms with Crippen LogP contribution in [0, 0.1) is 0 Å². The molecule has 0 aliphatic carbocycles. The smallest absolute Gasteiger partial charge is 0.248 e. The molecular formula is C12H15NO4. The third-order valence-electron chi connectivity index (χ3n) is 2.31. The van der Waals surface area contributed by atoms with Gasteiger partial charge >= 0.3 is 0 Å². The number of ether oxygens (including phenoxy) is 3. The first-order valence-corrected chi connectivity index (χ1v) is 4.84. The minimum Gasteiger partial charge on any atom is -0.493 e. The van der Waals surface area contributed by atoms with Gasteiger partial charge in [0.2, 0.25) is 11.7 Å². The van der Waals surface area contributed by atoms with Crippen LogP contribution in [0.25, 0.3) is 5.57 Å². The molecule has 5 nitrogen and oxygen atoms in total. The minimum atomic E-state index is -0.598. The van der Waals surface area contributed by atoms with E-state index < -0.39 is 5.91 Å². The molecule has 0 unspecified atom stereocenters. The first-order chi connectivity index (χ1) is 8.04. The van der Waals surface area contributed by atoms with Crippen molar-refractivity contribution in [2.75, 3.05) is 21.3 Å². The zero-order chi connectivity index (χ0) is 13.0. The Bertz CT molecular complexity index is 429. The molecule has 0 aromatic heterocycles. The number of carbonyl (C=O) groups is 1. The van der Waals surface area contributed by atoms with Gasteiger partial charge in [0.15, 0.2) is 11.5 Å². The summed E-state index contributed by atoms with van der Waals surface area (Å²) in [5, 5.41) is 0. The van der Waals surface area contributed by atoms with Crippen molar-refractivity contribution in [3.63, 3.8) is 0 Å².